The van der Waals surface area contributed by atoms with Gasteiger partial charge in [-0.15, -0.1) is 0 Å². The maximum absolute atomic E-state index is 13.1. The number of likely N-dealkylation sites (N-methyl/N-ethyl adjacent to an activating group) is 1. The van der Waals surface area contributed by atoms with Gasteiger partial charge in [-0.2, -0.15) is 0 Å². The van der Waals surface area contributed by atoms with Gasteiger partial charge in [-0.05, 0) is 24.7 Å². The van der Waals surface area contributed by atoms with Gasteiger partial charge >= 0.3 is 0 Å². The van der Waals surface area contributed by atoms with Crippen LogP contribution in [0.2, 0.25) is 0 Å². The maximum atomic E-state index is 13.1. The van der Waals surface area contributed by atoms with Crippen LogP contribution in [-0.2, 0) is 9.84 Å². The van der Waals surface area contributed by atoms with E-state index < -0.39 is 9.84 Å². The summed E-state index contributed by atoms with van der Waals surface area (Å²) in [5.74, 6) is 0.0446. The minimum Gasteiger partial charge on any atom is -0.332 e. The van der Waals surface area contributed by atoms with E-state index in [2.05, 4.69) is 14.9 Å². The van der Waals surface area contributed by atoms with E-state index in [0.29, 0.717) is 18.7 Å². The van der Waals surface area contributed by atoms with Crippen LogP contribution in [0, 0.1) is 0 Å². The number of carbonyl (C=O) groups is 1. The molecule has 8 heteroatoms. The monoisotopic (exact) mass is 372 g/mol. The Morgan fingerprint density at radius 2 is 1.81 bits per heavy atom. The molecule has 2 aliphatic heterocycles. The van der Waals surface area contributed by atoms with Gasteiger partial charge in [0.1, 0.15) is 6.33 Å². The van der Waals surface area contributed by atoms with E-state index >= 15 is 0 Å². The van der Waals surface area contributed by atoms with E-state index in [1.807, 2.05) is 25.2 Å². The fraction of sp³-hybridized carbons (Fsp3) is 0.389. The molecule has 2 atom stereocenters. The molecule has 136 valence electrons. The van der Waals surface area contributed by atoms with Gasteiger partial charge < -0.3 is 4.90 Å². The summed E-state index contributed by atoms with van der Waals surface area (Å²) in [5, 5.41) is 0. The Morgan fingerprint density at radius 3 is 2.58 bits per heavy atom. The average Bonchev–Trinajstić information content (AvgIpc) is 2.98. The molecule has 0 radical (unpaired) electrons. The van der Waals surface area contributed by atoms with E-state index in [0.717, 1.165) is 11.1 Å². The van der Waals surface area contributed by atoms with Gasteiger partial charge in [0.2, 0.25) is 0 Å². The first-order chi connectivity index (χ1) is 12.4. The molecule has 3 heterocycles. The summed E-state index contributed by atoms with van der Waals surface area (Å²) in [5.41, 5.74) is 2.25. The van der Waals surface area contributed by atoms with Crippen molar-refractivity contribution in [3.8, 4) is 11.1 Å². The lowest BCUT2D eigenvalue weighted by molar-refractivity contribution is 0.0410. The summed E-state index contributed by atoms with van der Waals surface area (Å²) >= 11 is 0. The molecule has 26 heavy (non-hydrogen) atoms. The number of carbonyl (C=O) groups excluding carboxylic acids is 1. The molecule has 0 spiro atoms. The molecule has 2 aromatic rings. The third kappa shape index (κ3) is 3.10. The second-order valence-electron chi connectivity index (χ2n) is 6.90. The van der Waals surface area contributed by atoms with Crippen LogP contribution in [0.25, 0.3) is 11.1 Å². The van der Waals surface area contributed by atoms with Crippen molar-refractivity contribution in [2.75, 3.05) is 31.6 Å². The quantitative estimate of drug-likeness (QED) is 0.772. The Kier molecular flexibility index (Phi) is 4.24. The van der Waals surface area contributed by atoms with E-state index in [-0.39, 0.29) is 29.5 Å². The molecule has 1 aromatic heterocycles. The largest absolute Gasteiger partial charge is 0.332 e. The molecule has 7 nitrogen and oxygen atoms in total. The normalized spacial score (nSPS) is 25.0. The molecule has 0 unspecified atom stereocenters. The van der Waals surface area contributed by atoms with Gasteiger partial charge in [0, 0.05) is 42.7 Å². The zero-order valence-electron chi connectivity index (χ0n) is 14.4. The minimum absolute atomic E-state index is 0.0416. The Morgan fingerprint density at radius 1 is 1.08 bits per heavy atom. The van der Waals surface area contributed by atoms with Gasteiger partial charge in [0.15, 0.2) is 9.84 Å². The van der Waals surface area contributed by atoms with E-state index in [1.54, 1.807) is 23.4 Å². The first-order valence-electron chi connectivity index (χ1n) is 8.52. The number of sulfone groups is 1. The standard InChI is InChI=1S/C18H20N4O3S/c1-21-5-6-22(17-11-26(24,25)10-16(17)21)18(23)14-4-2-3-13(7-14)15-8-19-12-20-9-15/h2-4,7-9,12,16-17H,5-6,10-11H2,1H3/t16-,17+/m1/s1. The highest BCUT2D eigenvalue weighted by Gasteiger charge is 2.47. The summed E-state index contributed by atoms with van der Waals surface area (Å²) in [6.07, 6.45) is 4.86. The van der Waals surface area contributed by atoms with Crippen LogP contribution in [-0.4, -0.2) is 77.8 Å². The van der Waals surface area contributed by atoms with Crippen molar-refractivity contribution in [1.82, 2.24) is 19.8 Å². The van der Waals surface area contributed by atoms with Gasteiger partial charge in [-0.1, -0.05) is 12.1 Å². The van der Waals surface area contributed by atoms with Crippen molar-refractivity contribution in [2.45, 2.75) is 12.1 Å². The number of hydrogen-bond donors (Lipinski definition) is 0. The molecule has 0 aliphatic carbocycles. The molecule has 2 aliphatic rings. The molecule has 0 saturated carbocycles. The molecule has 4 rings (SSSR count). The molecule has 1 aromatic carbocycles. The summed E-state index contributed by atoms with van der Waals surface area (Å²) in [4.78, 5) is 24.9. The predicted molar refractivity (Wildman–Crippen MR) is 97.4 cm³/mol. The molecule has 2 fully saturated rings. The van der Waals surface area contributed by atoms with Crippen LogP contribution in [0.4, 0.5) is 0 Å². The van der Waals surface area contributed by atoms with Crippen LogP contribution in [0.15, 0.2) is 43.0 Å². The minimum atomic E-state index is -3.11. The van der Waals surface area contributed by atoms with Crippen LogP contribution >= 0.6 is 0 Å². The Bertz CT molecular complexity index is 932. The number of piperazine rings is 1. The Labute approximate surface area is 152 Å². The fourth-order valence-corrected chi connectivity index (χ4v) is 5.88. The number of fused-ring (bicyclic) bond motifs is 1. The number of rotatable bonds is 2. The third-order valence-corrected chi connectivity index (χ3v) is 6.92. The number of aromatic nitrogens is 2. The second kappa shape index (κ2) is 6.44. The zero-order valence-corrected chi connectivity index (χ0v) is 15.3. The molecule has 0 N–H and O–H groups in total. The van der Waals surface area contributed by atoms with Crippen molar-refractivity contribution < 1.29 is 13.2 Å². The van der Waals surface area contributed by atoms with Crippen molar-refractivity contribution in [3.05, 3.63) is 48.5 Å². The van der Waals surface area contributed by atoms with Crippen molar-refractivity contribution >= 4 is 15.7 Å². The fourth-order valence-electron chi connectivity index (χ4n) is 3.82. The lowest BCUT2D eigenvalue weighted by Crippen LogP contribution is -2.59. The first kappa shape index (κ1) is 17.1. The highest BCUT2D eigenvalue weighted by atomic mass is 32.2. The zero-order chi connectivity index (χ0) is 18.3. The van der Waals surface area contributed by atoms with Crippen molar-refractivity contribution in [2.24, 2.45) is 0 Å². The summed E-state index contributed by atoms with van der Waals surface area (Å²) in [7, 11) is -1.19. The highest BCUT2D eigenvalue weighted by Crippen LogP contribution is 2.28. The van der Waals surface area contributed by atoms with Gasteiger partial charge in [-0.25, -0.2) is 18.4 Å². The topological polar surface area (TPSA) is 83.5 Å². The second-order valence-corrected chi connectivity index (χ2v) is 9.05. The number of benzene rings is 1. The summed E-state index contributed by atoms with van der Waals surface area (Å²) < 4.78 is 24.2. The van der Waals surface area contributed by atoms with Crippen LogP contribution in [0.5, 0.6) is 0 Å². The van der Waals surface area contributed by atoms with E-state index in [1.165, 1.54) is 6.33 Å². The lowest BCUT2D eigenvalue weighted by atomic mass is 10.0. The smallest absolute Gasteiger partial charge is 0.254 e. The van der Waals surface area contributed by atoms with Gasteiger partial charge in [-0.3, -0.25) is 9.69 Å². The SMILES string of the molecule is CN1CCN(C(=O)c2cccc(-c3cncnc3)c2)[C@H]2CS(=O)(=O)C[C@H]21. The lowest BCUT2D eigenvalue weighted by Gasteiger charge is -2.42. The Balaban J connectivity index is 1.64. The average molecular weight is 372 g/mol. The molecule has 2 saturated heterocycles. The molecular formula is C18H20N4O3S. The predicted octanol–water partition coefficient (Wildman–Crippen LogP) is 0.697. The third-order valence-electron chi connectivity index (χ3n) is 5.22. The van der Waals surface area contributed by atoms with Gasteiger partial charge in [0.05, 0.1) is 17.5 Å². The maximum Gasteiger partial charge on any atom is 0.254 e. The molecule has 0 bridgehead atoms. The van der Waals surface area contributed by atoms with Gasteiger partial charge in [0.25, 0.3) is 5.91 Å². The van der Waals surface area contributed by atoms with Crippen LogP contribution in [0.3, 0.4) is 0 Å². The summed E-state index contributed by atoms with van der Waals surface area (Å²) in [6.45, 7) is 1.21. The van der Waals surface area contributed by atoms with E-state index in [9.17, 15) is 13.2 Å². The Hall–Kier alpha value is -2.32. The van der Waals surface area contributed by atoms with Crippen LogP contribution in [0.1, 0.15) is 10.4 Å². The number of nitrogens with zero attached hydrogens (tertiary/aromatic N) is 4. The molecular weight excluding hydrogens is 352 g/mol. The van der Waals surface area contributed by atoms with E-state index in [4.69, 9.17) is 0 Å². The first-order valence-corrected chi connectivity index (χ1v) is 10.3. The highest BCUT2D eigenvalue weighted by molar-refractivity contribution is 7.91. The van der Waals surface area contributed by atoms with Crippen molar-refractivity contribution in [1.29, 1.82) is 0 Å². The molecule has 1 amide bonds. The summed E-state index contributed by atoms with van der Waals surface area (Å²) in [6, 6.07) is 6.92. The number of amides is 1. The number of hydrogen-bond acceptors (Lipinski definition) is 6. The van der Waals surface area contributed by atoms with Crippen LogP contribution < -0.4 is 0 Å². The van der Waals surface area contributed by atoms with Crippen molar-refractivity contribution in [3.63, 3.8) is 0 Å².